The number of aryl methyl sites for hydroxylation is 1. The summed E-state index contributed by atoms with van der Waals surface area (Å²) in [6, 6.07) is 13.7. The van der Waals surface area contributed by atoms with Crippen LogP contribution >= 0.6 is 0 Å². The molecule has 2 aromatic rings. The highest BCUT2D eigenvalue weighted by molar-refractivity contribution is 5.89. The van der Waals surface area contributed by atoms with Crippen molar-refractivity contribution in [1.82, 2.24) is 10.6 Å². The fourth-order valence-corrected chi connectivity index (χ4v) is 2.45. The summed E-state index contributed by atoms with van der Waals surface area (Å²) in [5.74, 6) is -0.136. The molecule has 0 spiro atoms. The number of hydrogen-bond acceptors (Lipinski definition) is 4. The van der Waals surface area contributed by atoms with Gasteiger partial charge in [-0.3, -0.25) is 0 Å². The average molecular weight is 356 g/mol. The molecule has 0 heterocycles. The van der Waals surface area contributed by atoms with Crippen LogP contribution in [0.25, 0.3) is 0 Å². The molecule has 0 aromatic heterocycles. The lowest BCUT2D eigenvalue weighted by atomic mass is 10.1. The van der Waals surface area contributed by atoms with Gasteiger partial charge in [-0.1, -0.05) is 24.3 Å². The first-order valence-electron chi connectivity index (χ1n) is 8.47. The number of urea groups is 1. The number of carbonyl (C=O) groups excluding carboxylic acids is 2. The predicted molar refractivity (Wildman–Crippen MR) is 99.0 cm³/mol. The van der Waals surface area contributed by atoms with Crippen LogP contribution in [0.3, 0.4) is 0 Å². The van der Waals surface area contributed by atoms with Crippen molar-refractivity contribution < 1.29 is 19.4 Å². The van der Waals surface area contributed by atoms with Crippen LogP contribution in [-0.4, -0.2) is 30.3 Å². The van der Waals surface area contributed by atoms with E-state index in [1.165, 1.54) is 7.11 Å². The number of ether oxygens (including phenoxy) is 1. The number of benzene rings is 2. The normalized spacial score (nSPS) is 11.5. The molecule has 0 bridgehead atoms. The third-order valence-electron chi connectivity index (χ3n) is 4.01. The largest absolute Gasteiger partial charge is 0.508 e. The molecule has 6 heteroatoms. The smallest absolute Gasteiger partial charge is 0.337 e. The SMILES string of the molecule is COC(=O)c1ccc(CNC(=O)N[C@H](C)CCc2ccc(O)cc2)cc1. The topological polar surface area (TPSA) is 87.7 Å². The van der Waals surface area contributed by atoms with Crippen molar-refractivity contribution in [2.75, 3.05) is 7.11 Å². The molecule has 1 atom stereocenters. The van der Waals surface area contributed by atoms with Crippen LogP contribution < -0.4 is 10.6 Å². The van der Waals surface area contributed by atoms with Crippen molar-refractivity contribution >= 4 is 12.0 Å². The molecule has 138 valence electrons. The maximum absolute atomic E-state index is 12.0. The average Bonchev–Trinajstić information content (AvgIpc) is 2.65. The number of nitrogens with one attached hydrogen (secondary N) is 2. The summed E-state index contributed by atoms with van der Waals surface area (Å²) in [5.41, 5.74) is 2.48. The molecule has 0 aliphatic rings. The van der Waals surface area contributed by atoms with Gasteiger partial charge in [0.25, 0.3) is 0 Å². The van der Waals surface area contributed by atoms with E-state index < -0.39 is 0 Å². The minimum Gasteiger partial charge on any atom is -0.508 e. The minimum absolute atomic E-state index is 0.0190. The first-order chi connectivity index (χ1) is 12.5. The van der Waals surface area contributed by atoms with Gasteiger partial charge < -0.3 is 20.5 Å². The highest BCUT2D eigenvalue weighted by Gasteiger charge is 2.08. The molecule has 3 N–H and O–H groups in total. The molecule has 0 saturated heterocycles. The molecular weight excluding hydrogens is 332 g/mol. The summed E-state index contributed by atoms with van der Waals surface area (Å²) in [6.07, 6.45) is 1.61. The lowest BCUT2D eigenvalue weighted by molar-refractivity contribution is 0.0600. The van der Waals surface area contributed by atoms with Crippen LogP contribution in [0.1, 0.15) is 34.8 Å². The maximum Gasteiger partial charge on any atom is 0.337 e. The number of aromatic hydroxyl groups is 1. The van der Waals surface area contributed by atoms with Gasteiger partial charge in [0.2, 0.25) is 0 Å². The Morgan fingerprint density at radius 3 is 2.27 bits per heavy atom. The molecule has 0 radical (unpaired) electrons. The van der Waals surface area contributed by atoms with Gasteiger partial charge in [0.15, 0.2) is 0 Å². The summed E-state index contributed by atoms with van der Waals surface area (Å²) >= 11 is 0. The summed E-state index contributed by atoms with van der Waals surface area (Å²) in [7, 11) is 1.34. The van der Waals surface area contributed by atoms with Crippen molar-refractivity contribution in [3.05, 3.63) is 65.2 Å². The Bertz CT molecular complexity index is 726. The maximum atomic E-state index is 12.0. The Labute approximate surface area is 153 Å². The first kappa shape index (κ1) is 19.3. The second-order valence-corrected chi connectivity index (χ2v) is 6.12. The second-order valence-electron chi connectivity index (χ2n) is 6.12. The fourth-order valence-electron chi connectivity index (χ4n) is 2.45. The highest BCUT2D eigenvalue weighted by atomic mass is 16.5. The van der Waals surface area contributed by atoms with Crippen molar-refractivity contribution in [1.29, 1.82) is 0 Å². The van der Waals surface area contributed by atoms with Gasteiger partial charge in [-0.25, -0.2) is 9.59 Å². The van der Waals surface area contributed by atoms with E-state index in [9.17, 15) is 14.7 Å². The van der Waals surface area contributed by atoms with Crippen LogP contribution in [0.5, 0.6) is 5.75 Å². The Hall–Kier alpha value is -3.02. The zero-order valence-corrected chi connectivity index (χ0v) is 15.0. The third-order valence-corrected chi connectivity index (χ3v) is 4.01. The van der Waals surface area contributed by atoms with Gasteiger partial charge in [0, 0.05) is 12.6 Å². The zero-order chi connectivity index (χ0) is 18.9. The molecule has 6 nitrogen and oxygen atoms in total. The van der Waals surface area contributed by atoms with E-state index in [4.69, 9.17) is 0 Å². The van der Waals surface area contributed by atoms with E-state index in [2.05, 4.69) is 15.4 Å². The number of methoxy groups -OCH3 is 1. The second kappa shape index (κ2) is 9.46. The van der Waals surface area contributed by atoms with Gasteiger partial charge in [-0.15, -0.1) is 0 Å². The lowest BCUT2D eigenvalue weighted by Gasteiger charge is -2.15. The summed E-state index contributed by atoms with van der Waals surface area (Å²) in [4.78, 5) is 23.4. The number of esters is 1. The fraction of sp³-hybridized carbons (Fsp3) is 0.300. The third kappa shape index (κ3) is 6.12. The molecule has 0 aliphatic carbocycles. The number of phenolic OH excluding ortho intramolecular Hbond substituents is 1. The molecule has 0 unspecified atom stereocenters. The Morgan fingerprint density at radius 2 is 1.65 bits per heavy atom. The van der Waals surface area contributed by atoms with Gasteiger partial charge in [-0.05, 0) is 55.2 Å². The van der Waals surface area contributed by atoms with Crippen molar-refractivity contribution in [2.45, 2.75) is 32.4 Å². The summed E-state index contributed by atoms with van der Waals surface area (Å²) < 4.78 is 4.65. The zero-order valence-electron chi connectivity index (χ0n) is 15.0. The van der Waals surface area contributed by atoms with Gasteiger partial charge in [-0.2, -0.15) is 0 Å². The molecule has 2 rings (SSSR count). The summed E-state index contributed by atoms with van der Waals surface area (Å²) in [5, 5.41) is 15.0. The predicted octanol–water partition coefficient (Wildman–Crippen LogP) is 3.00. The van der Waals surface area contributed by atoms with E-state index in [1.54, 1.807) is 36.4 Å². The van der Waals surface area contributed by atoms with E-state index in [0.717, 1.165) is 24.0 Å². The standard InChI is InChI=1S/C20H24N2O4/c1-14(3-4-15-7-11-18(23)12-8-15)22-20(25)21-13-16-5-9-17(10-6-16)19(24)26-2/h5-12,14,23H,3-4,13H2,1-2H3,(H2,21,22,25)/t14-/m1/s1. The molecule has 2 aromatic carbocycles. The number of rotatable bonds is 7. The molecule has 0 aliphatic heterocycles. The van der Waals surface area contributed by atoms with Crippen molar-refractivity contribution in [3.8, 4) is 5.75 Å². The van der Waals surface area contributed by atoms with Crippen molar-refractivity contribution in [2.24, 2.45) is 0 Å². The van der Waals surface area contributed by atoms with Gasteiger partial charge in [0.05, 0.1) is 12.7 Å². The van der Waals surface area contributed by atoms with Crippen molar-refractivity contribution in [3.63, 3.8) is 0 Å². The molecule has 26 heavy (non-hydrogen) atoms. The lowest BCUT2D eigenvalue weighted by Crippen LogP contribution is -2.40. The Balaban J connectivity index is 1.72. The number of hydrogen-bond donors (Lipinski definition) is 3. The summed E-state index contributed by atoms with van der Waals surface area (Å²) in [6.45, 7) is 2.32. The monoisotopic (exact) mass is 356 g/mol. The molecule has 0 fully saturated rings. The molecular formula is C20H24N2O4. The number of amides is 2. The molecule has 2 amide bonds. The van der Waals surface area contributed by atoms with Crippen LogP contribution in [0.4, 0.5) is 4.79 Å². The van der Waals surface area contributed by atoms with Crippen LogP contribution in [0.2, 0.25) is 0 Å². The van der Waals surface area contributed by atoms with E-state index in [-0.39, 0.29) is 23.8 Å². The minimum atomic E-state index is -0.385. The highest BCUT2D eigenvalue weighted by Crippen LogP contribution is 2.12. The number of carbonyl (C=O) groups is 2. The van der Waals surface area contributed by atoms with E-state index in [0.29, 0.717) is 12.1 Å². The van der Waals surface area contributed by atoms with E-state index >= 15 is 0 Å². The van der Waals surface area contributed by atoms with Gasteiger partial charge >= 0.3 is 12.0 Å². The van der Waals surface area contributed by atoms with E-state index in [1.807, 2.05) is 19.1 Å². The quantitative estimate of drug-likeness (QED) is 0.666. The molecule has 0 saturated carbocycles. The Morgan fingerprint density at radius 1 is 1.04 bits per heavy atom. The van der Waals surface area contributed by atoms with Crippen LogP contribution in [-0.2, 0) is 17.7 Å². The Kier molecular flexibility index (Phi) is 7.02. The van der Waals surface area contributed by atoms with Gasteiger partial charge in [0.1, 0.15) is 5.75 Å². The first-order valence-corrected chi connectivity index (χ1v) is 8.47. The van der Waals surface area contributed by atoms with Crippen LogP contribution in [0.15, 0.2) is 48.5 Å². The van der Waals surface area contributed by atoms with Crippen LogP contribution in [0, 0.1) is 0 Å². The number of phenols is 1.